The van der Waals surface area contributed by atoms with Gasteiger partial charge in [-0.25, -0.2) is 8.42 Å². The molecule has 0 bridgehead atoms. The lowest BCUT2D eigenvalue weighted by molar-refractivity contribution is 0.406. The van der Waals surface area contributed by atoms with Gasteiger partial charge in [0.1, 0.15) is 9.96 Å². The second-order valence-corrected chi connectivity index (χ2v) is 11.9. The van der Waals surface area contributed by atoms with E-state index in [0.29, 0.717) is 23.5 Å². The second kappa shape index (κ2) is 8.82. The summed E-state index contributed by atoms with van der Waals surface area (Å²) in [5.74, 6) is 0.495. The van der Waals surface area contributed by atoms with Crippen LogP contribution in [0.15, 0.2) is 46.0 Å². The minimum absolute atomic E-state index is 0.283. The first-order valence-electron chi connectivity index (χ1n) is 10.1. The maximum atomic E-state index is 13.1. The molecule has 0 spiro atoms. The van der Waals surface area contributed by atoms with E-state index in [1.165, 1.54) is 16.9 Å². The van der Waals surface area contributed by atoms with Crippen molar-refractivity contribution < 1.29 is 13.2 Å². The number of piperazine rings is 1. The van der Waals surface area contributed by atoms with Gasteiger partial charge in [-0.1, -0.05) is 0 Å². The molecular weight excluding hydrogens is 450 g/mol. The molecule has 0 radical (unpaired) electrons. The van der Waals surface area contributed by atoms with Crippen LogP contribution in [0, 0.1) is 6.92 Å². The highest BCUT2D eigenvalue weighted by Crippen LogP contribution is 2.37. The highest BCUT2D eigenvalue weighted by molar-refractivity contribution is 7.94. The predicted octanol–water partition coefficient (Wildman–Crippen LogP) is 4.78. The third kappa shape index (κ3) is 4.90. The Labute approximate surface area is 191 Å². The molecule has 9 heteroatoms. The van der Waals surface area contributed by atoms with Crippen molar-refractivity contribution in [3.05, 3.63) is 47.3 Å². The molecule has 0 aliphatic carbocycles. The normalized spacial score (nSPS) is 19.4. The molecule has 166 valence electrons. The van der Waals surface area contributed by atoms with Gasteiger partial charge in [0.25, 0.3) is 10.0 Å². The minimum atomic E-state index is -3.73. The molecule has 1 aliphatic rings. The third-order valence-electron chi connectivity index (χ3n) is 5.17. The van der Waals surface area contributed by atoms with Crippen molar-refractivity contribution in [1.82, 2.24) is 5.32 Å². The Balaban J connectivity index is 1.61. The highest BCUT2D eigenvalue weighted by atomic mass is 32.2. The summed E-state index contributed by atoms with van der Waals surface area (Å²) >= 11 is 2.89. The van der Waals surface area contributed by atoms with Crippen molar-refractivity contribution in [3.63, 3.8) is 0 Å². The van der Waals surface area contributed by atoms with Crippen molar-refractivity contribution >= 4 is 44.1 Å². The molecule has 0 amide bonds. The lowest BCUT2D eigenvalue weighted by Gasteiger charge is -2.38. The summed E-state index contributed by atoms with van der Waals surface area (Å²) in [4.78, 5) is 4.29. The van der Waals surface area contributed by atoms with Crippen LogP contribution in [0.1, 0.15) is 19.4 Å². The Morgan fingerprint density at radius 1 is 1.10 bits per heavy atom. The first kappa shape index (κ1) is 22.1. The van der Waals surface area contributed by atoms with Crippen LogP contribution in [0.25, 0.3) is 9.75 Å². The van der Waals surface area contributed by atoms with Gasteiger partial charge in [-0.2, -0.15) is 0 Å². The summed E-state index contributed by atoms with van der Waals surface area (Å²) in [6.45, 7) is 8.05. The maximum absolute atomic E-state index is 13.1. The molecule has 3 aromatic rings. The standard InChI is InChI=1S/C22H27N3O3S3/c1-14-9-21(29-13-14)20-7-8-22(30-20)31(26,27)24-18-10-17(5-6-19(18)28-4)25-11-15(2)23-16(3)12-25/h5-10,13,15-16,23-24H,11-12H2,1-4H3/t15-,16+. The van der Waals surface area contributed by atoms with Gasteiger partial charge in [0.15, 0.2) is 0 Å². The number of hydrogen-bond acceptors (Lipinski definition) is 7. The van der Waals surface area contributed by atoms with E-state index >= 15 is 0 Å². The molecule has 1 saturated heterocycles. The minimum Gasteiger partial charge on any atom is -0.495 e. The first-order chi connectivity index (χ1) is 14.7. The van der Waals surface area contributed by atoms with Crippen molar-refractivity contribution in [2.24, 2.45) is 0 Å². The number of benzene rings is 1. The van der Waals surface area contributed by atoms with Crippen molar-refractivity contribution in [2.45, 2.75) is 37.1 Å². The molecule has 0 saturated carbocycles. The molecule has 2 aromatic heterocycles. The average molecular weight is 478 g/mol. The lowest BCUT2D eigenvalue weighted by Crippen LogP contribution is -2.54. The fraction of sp³-hybridized carbons (Fsp3) is 0.364. The Hall–Kier alpha value is -2.07. The Morgan fingerprint density at radius 3 is 2.48 bits per heavy atom. The number of ether oxygens (including phenoxy) is 1. The third-order valence-corrected chi connectivity index (χ3v) is 9.36. The van der Waals surface area contributed by atoms with Crippen LogP contribution in [0.2, 0.25) is 0 Å². The van der Waals surface area contributed by atoms with E-state index in [4.69, 9.17) is 4.74 Å². The van der Waals surface area contributed by atoms with Gasteiger partial charge < -0.3 is 15.0 Å². The van der Waals surface area contributed by atoms with Crippen molar-refractivity contribution in [3.8, 4) is 15.5 Å². The number of methoxy groups -OCH3 is 1. The zero-order chi connectivity index (χ0) is 22.2. The molecule has 1 fully saturated rings. The van der Waals surface area contributed by atoms with Gasteiger partial charge in [-0.15, -0.1) is 22.7 Å². The summed E-state index contributed by atoms with van der Waals surface area (Å²) in [7, 11) is -2.19. The summed E-state index contributed by atoms with van der Waals surface area (Å²) < 4.78 is 34.7. The lowest BCUT2D eigenvalue weighted by atomic mass is 10.1. The van der Waals surface area contributed by atoms with Crippen LogP contribution in [-0.4, -0.2) is 40.7 Å². The molecule has 0 unspecified atom stereocenters. The molecule has 2 atom stereocenters. The van der Waals surface area contributed by atoms with E-state index in [1.807, 2.05) is 31.2 Å². The largest absolute Gasteiger partial charge is 0.495 e. The topological polar surface area (TPSA) is 70.7 Å². The van der Waals surface area contributed by atoms with E-state index in [2.05, 4.69) is 40.2 Å². The molecule has 31 heavy (non-hydrogen) atoms. The van der Waals surface area contributed by atoms with Crippen molar-refractivity contribution in [2.75, 3.05) is 29.8 Å². The second-order valence-electron chi connectivity index (χ2n) is 7.97. The Bertz CT molecular complexity index is 1160. The molecule has 3 heterocycles. The van der Waals surface area contributed by atoms with Crippen molar-refractivity contribution in [1.29, 1.82) is 0 Å². The summed E-state index contributed by atoms with van der Waals surface area (Å²) in [6.07, 6.45) is 0. The van der Waals surface area contributed by atoms with E-state index in [9.17, 15) is 8.42 Å². The number of thiophene rings is 2. The average Bonchev–Trinajstić information content (AvgIpc) is 3.36. The van der Waals surface area contributed by atoms with Gasteiger partial charge in [-0.05, 0) is 68.1 Å². The number of anilines is 2. The SMILES string of the molecule is COc1ccc(N2C[C@@H](C)N[C@@H](C)C2)cc1NS(=O)(=O)c1ccc(-c2cc(C)cs2)s1. The molecular formula is C22H27N3O3S3. The van der Waals surface area contributed by atoms with Crippen LogP contribution >= 0.6 is 22.7 Å². The van der Waals surface area contributed by atoms with Gasteiger partial charge >= 0.3 is 0 Å². The van der Waals surface area contributed by atoms with Gasteiger partial charge in [0, 0.05) is 40.6 Å². The molecule has 1 aromatic carbocycles. The monoisotopic (exact) mass is 477 g/mol. The quantitative estimate of drug-likeness (QED) is 0.535. The summed E-state index contributed by atoms with van der Waals surface area (Å²) in [5, 5.41) is 5.58. The molecule has 4 rings (SSSR count). The summed E-state index contributed by atoms with van der Waals surface area (Å²) in [5.41, 5.74) is 2.59. The zero-order valence-electron chi connectivity index (χ0n) is 18.0. The molecule has 1 aliphatic heterocycles. The summed E-state index contributed by atoms with van der Waals surface area (Å²) in [6, 6.07) is 12.0. The fourth-order valence-electron chi connectivity index (χ4n) is 3.86. The number of rotatable bonds is 6. The van der Waals surface area contributed by atoms with E-state index in [1.54, 1.807) is 24.5 Å². The van der Waals surface area contributed by atoms with Crippen LogP contribution < -0.4 is 19.7 Å². The Morgan fingerprint density at radius 2 is 1.84 bits per heavy atom. The highest BCUT2D eigenvalue weighted by Gasteiger charge is 2.24. The van der Waals surface area contributed by atoms with Crippen LogP contribution in [0.4, 0.5) is 11.4 Å². The van der Waals surface area contributed by atoms with Gasteiger partial charge in [-0.3, -0.25) is 4.72 Å². The first-order valence-corrected chi connectivity index (χ1v) is 13.3. The number of nitrogens with one attached hydrogen (secondary N) is 2. The molecule has 2 N–H and O–H groups in total. The van der Waals surface area contributed by atoms with Crippen LogP contribution in [0.5, 0.6) is 5.75 Å². The predicted molar refractivity (Wildman–Crippen MR) is 130 cm³/mol. The number of nitrogens with zero attached hydrogens (tertiary/aromatic N) is 1. The number of sulfonamides is 1. The van der Waals surface area contributed by atoms with Crippen LogP contribution in [0.3, 0.4) is 0 Å². The Kier molecular flexibility index (Phi) is 6.30. The van der Waals surface area contributed by atoms with E-state index in [0.717, 1.165) is 28.5 Å². The number of hydrogen-bond donors (Lipinski definition) is 2. The smallest absolute Gasteiger partial charge is 0.271 e. The maximum Gasteiger partial charge on any atom is 0.271 e. The van der Waals surface area contributed by atoms with E-state index < -0.39 is 10.0 Å². The number of aryl methyl sites for hydroxylation is 1. The van der Waals surface area contributed by atoms with Gasteiger partial charge in [0.05, 0.1) is 12.8 Å². The zero-order valence-corrected chi connectivity index (χ0v) is 20.5. The fourth-order valence-corrected chi connectivity index (χ4v) is 7.23. The van der Waals surface area contributed by atoms with Crippen LogP contribution in [-0.2, 0) is 10.0 Å². The van der Waals surface area contributed by atoms with E-state index in [-0.39, 0.29) is 4.21 Å². The molecule has 6 nitrogen and oxygen atoms in total. The van der Waals surface area contributed by atoms with Gasteiger partial charge in [0.2, 0.25) is 0 Å².